The minimum Gasteiger partial charge on any atom is -0.391 e. The first kappa shape index (κ1) is 12.2. The van der Waals surface area contributed by atoms with E-state index in [-0.39, 0.29) is 17.4 Å². The van der Waals surface area contributed by atoms with Gasteiger partial charge in [0.05, 0.1) is 13.2 Å². The summed E-state index contributed by atoms with van der Waals surface area (Å²) in [5, 5.41) is 15.0. The molecule has 0 saturated carbocycles. The zero-order valence-electron chi connectivity index (χ0n) is 8.62. The maximum atomic E-state index is 11.8. The highest BCUT2D eigenvalue weighted by molar-refractivity contribution is 7.91. The Kier molecular flexibility index (Phi) is 3.52. The Bertz CT molecular complexity index is 576. The van der Waals surface area contributed by atoms with E-state index in [0.717, 1.165) is 11.3 Å². The molecule has 2 aromatic heterocycles. The number of nitrogens with one attached hydrogen (secondary N) is 2. The highest BCUT2D eigenvalue weighted by atomic mass is 32.2. The van der Waals surface area contributed by atoms with E-state index in [0.29, 0.717) is 10.7 Å². The summed E-state index contributed by atoms with van der Waals surface area (Å²) in [7, 11) is -3.56. The first-order valence-electron chi connectivity index (χ1n) is 4.65. The molecule has 0 aliphatic rings. The smallest absolute Gasteiger partial charge is 0.250 e. The van der Waals surface area contributed by atoms with E-state index in [1.54, 1.807) is 6.07 Å². The van der Waals surface area contributed by atoms with Crippen LogP contribution >= 0.6 is 11.3 Å². The Morgan fingerprint density at radius 1 is 1.47 bits per heavy atom. The van der Waals surface area contributed by atoms with Crippen molar-refractivity contribution in [2.75, 3.05) is 0 Å². The van der Waals surface area contributed by atoms with Crippen LogP contribution in [0.5, 0.6) is 0 Å². The predicted octanol–water partition coefficient (Wildman–Crippen LogP) is -0.163. The number of sulfonamides is 1. The molecular formula is C8H10N4O3S2. The van der Waals surface area contributed by atoms with Gasteiger partial charge in [0.25, 0.3) is 0 Å². The van der Waals surface area contributed by atoms with E-state index in [1.165, 1.54) is 12.4 Å². The number of aliphatic hydroxyl groups is 1. The summed E-state index contributed by atoms with van der Waals surface area (Å²) in [4.78, 5) is 4.41. The SMILES string of the molecule is O=S(=O)(NCc1ncn[nH]1)c1ccc(CO)s1. The summed E-state index contributed by atoms with van der Waals surface area (Å²) in [6.07, 6.45) is 1.30. The van der Waals surface area contributed by atoms with Gasteiger partial charge in [-0.05, 0) is 12.1 Å². The van der Waals surface area contributed by atoms with Gasteiger partial charge in [-0.25, -0.2) is 18.1 Å². The van der Waals surface area contributed by atoms with Crippen LogP contribution in [-0.4, -0.2) is 28.7 Å². The van der Waals surface area contributed by atoms with Crippen molar-refractivity contribution in [3.05, 3.63) is 29.2 Å². The summed E-state index contributed by atoms with van der Waals surface area (Å²) in [6.45, 7) is -0.114. The van der Waals surface area contributed by atoms with Crippen LogP contribution in [0, 0.1) is 0 Å². The molecule has 0 aliphatic heterocycles. The minimum atomic E-state index is -3.56. The van der Waals surface area contributed by atoms with Gasteiger partial charge in [-0.3, -0.25) is 5.10 Å². The van der Waals surface area contributed by atoms with E-state index in [2.05, 4.69) is 19.9 Å². The Labute approximate surface area is 102 Å². The van der Waals surface area contributed by atoms with Crippen molar-refractivity contribution < 1.29 is 13.5 Å². The van der Waals surface area contributed by atoms with Crippen LogP contribution < -0.4 is 4.72 Å². The molecule has 17 heavy (non-hydrogen) atoms. The first-order valence-corrected chi connectivity index (χ1v) is 6.95. The number of aromatic nitrogens is 3. The molecule has 0 amide bonds. The molecule has 2 aromatic rings. The highest BCUT2D eigenvalue weighted by Crippen LogP contribution is 2.21. The number of nitrogens with zero attached hydrogens (tertiary/aromatic N) is 2. The summed E-state index contributed by atoms with van der Waals surface area (Å²) >= 11 is 1.03. The number of hydrogen-bond donors (Lipinski definition) is 3. The number of aromatic amines is 1. The van der Waals surface area contributed by atoms with Gasteiger partial charge in [-0.2, -0.15) is 5.10 Å². The molecule has 9 heteroatoms. The topological polar surface area (TPSA) is 108 Å². The minimum absolute atomic E-state index is 0.0503. The van der Waals surface area contributed by atoms with Crippen LogP contribution in [0.3, 0.4) is 0 Å². The third-order valence-electron chi connectivity index (χ3n) is 1.95. The Hall–Kier alpha value is -1.29. The largest absolute Gasteiger partial charge is 0.391 e. The molecule has 0 aliphatic carbocycles. The summed E-state index contributed by atoms with van der Waals surface area (Å²) in [5.74, 6) is 0.438. The Morgan fingerprint density at radius 3 is 2.88 bits per heavy atom. The standard InChI is InChI=1S/C8H10N4O3S2/c13-4-6-1-2-8(16-6)17(14,15)11-3-7-9-5-10-12-7/h1-2,5,11,13H,3-4H2,(H,9,10,12). The second-order valence-corrected chi connectivity index (χ2v) is 6.30. The molecule has 3 N–H and O–H groups in total. The summed E-state index contributed by atoms with van der Waals surface area (Å²) < 4.78 is 26.2. The molecule has 7 nitrogen and oxygen atoms in total. The lowest BCUT2D eigenvalue weighted by Crippen LogP contribution is -2.23. The monoisotopic (exact) mass is 274 g/mol. The number of aliphatic hydroxyl groups excluding tert-OH is 1. The average molecular weight is 274 g/mol. The number of H-pyrrole nitrogens is 1. The van der Waals surface area contributed by atoms with E-state index in [1.807, 2.05) is 0 Å². The molecular weight excluding hydrogens is 264 g/mol. The van der Waals surface area contributed by atoms with Crippen molar-refractivity contribution in [1.82, 2.24) is 19.9 Å². The van der Waals surface area contributed by atoms with E-state index >= 15 is 0 Å². The zero-order chi connectivity index (χ0) is 12.3. The van der Waals surface area contributed by atoms with E-state index < -0.39 is 10.0 Å². The van der Waals surface area contributed by atoms with E-state index in [4.69, 9.17) is 5.11 Å². The lowest BCUT2D eigenvalue weighted by Gasteiger charge is -2.01. The molecule has 92 valence electrons. The normalized spacial score (nSPS) is 11.8. The summed E-state index contributed by atoms with van der Waals surface area (Å²) in [6, 6.07) is 3.03. The fraction of sp³-hybridized carbons (Fsp3) is 0.250. The van der Waals surface area contributed by atoms with Crippen molar-refractivity contribution in [3.63, 3.8) is 0 Å². The van der Waals surface area contributed by atoms with Crippen LogP contribution in [0.15, 0.2) is 22.7 Å². The van der Waals surface area contributed by atoms with Gasteiger partial charge < -0.3 is 5.11 Å². The molecule has 0 saturated heterocycles. The van der Waals surface area contributed by atoms with Crippen LogP contribution in [0.25, 0.3) is 0 Å². The van der Waals surface area contributed by atoms with Crippen molar-refractivity contribution in [2.24, 2.45) is 0 Å². The van der Waals surface area contributed by atoms with Crippen LogP contribution in [0.2, 0.25) is 0 Å². The number of thiophene rings is 1. The highest BCUT2D eigenvalue weighted by Gasteiger charge is 2.16. The van der Waals surface area contributed by atoms with Crippen LogP contribution in [0.4, 0.5) is 0 Å². The van der Waals surface area contributed by atoms with Gasteiger partial charge in [0.1, 0.15) is 16.4 Å². The van der Waals surface area contributed by atoms with Gasteiger partial charge in [0.15, 0.2) is 0 Å². The lowest BCUT2D eigenvalue weighted by atomic mass is 10.5. The van der Waals surface area contributed by atoms with Crippen LogP contribution in [-0.2, 0) is 23.2 Å². The third-order valence-corrected chi connectivity index (χ3v) is 4.92. The van der Waals surface area contributed by atoms with Crippen LogP contribution in [0.1, 0.15) is 10.7 Å². The summed E-state index contributed by atoms with van der Waals surface area (Å²) in [5.41, 5.74) is 0. The number of rotatable bonds is 5. The van der Waals surface area contributed by atoms with Gasteiger partial charge in [-0.1, -0.05) is 0 Å². The van der Waals surface area contributed by atoms with Crippen molar-refractivity contribution in [2.45, 2.75) is 17.4 Å². The van der Waals surface area contributed by atoms with E-state index in [9.17, 15) is 8.42 Å². The van der Waals surface area contributed by atoms with Gasteiger partial charge in [0.2, 0.25) is 10.0 Å². The second-order valence-electron chi connectivity index (χ2n) is 3.14. The lowest BCUT2D eigenvalue weighted by molar-refractivity contribution is 0.285. The molecule has 0 bridgehead atoms. The predicted molar refractivity (Wildman–Crippen MR) is 60.7 cm³/mol. The zero-order valence-corrected chi connectivity index (χ0v) is 10.3. The van der Waals surface area contributed by atoms with Crippen molar-refractivity contribution in [1.29, 1.82) is 0 Å². The Balaban J connectivity index is 2.08. The molecule has 0 atom stereocenters. The van der Waals surface area contributed by atoms with Gasteiger partial charge in [0, 0.05) is 4.88 Å². The average Bonchev–Trinajstić information content (AvgIpc) is 2.98. The quantitative estimate of drug-likeness (QED) is 0.702. The number of hydrogen-bond acceptors (Lipinski definition) is 6. The Morgan fingerprint density at radius 2 is 2.29 bits per heavy atom. The molecule has 2 rings (SSSR count). The van der Waals surface area contributed by atoms with Crippen molar-refractivity contribution in [3.8, 4) is 0 Å². The maximum absolute atomic E-state index is 11.8. The molecule has 0 aromatic carbocycles. The fourth-order valence-electron chi connectivity index (χ4n) is 1.14. The molecule has 0 radical (unpaired) electrons. The molecule has 0 fully saturated rings. The van der Waals surface area contributed by atoms with Gasteiger partial charge in [-0.15, -0.1) is 11.3 Å². The third kappa shape index (κ3) is 2.88. The second kappa shape index (κ2) is 4.92. The fourth-order valence-corrected chi connectivity index (χ4v) is 3.39. The molecule has 0 spiro atoms. The first-order chi connectivity index (χ1) is 8.12. The maximum Gasteiger partial charge on any atom is 0.250 e. The van der Waals surface area contributed by atoms with Gasteiger partial charge >= 0.3 is 0 Å². The van der Waals surface area contributed by atoms with Crippen molar-refractivity contribution >= 4 is 21.4 Å². The molecule has 0 unspecified atom stereocenters. The molecule has 2 heterocycles.